The number of nitrogens with zero attached hydrogens (tertiary/aromatic N) is 1. The molecule has 1 aliphatic carbocycles. The van der Waals surface area contributed by atoms with E-state index in [4.69, 9.17) is 5.73 Å². The number of carbonyl (C=O) groups excluding carboxylic acids is 1. The number of piperidine rings is 1. The van der Waals surface area contributed by atoms with Crippen molar-refractivity contribution in [3.8, 4) is 0 Å². The Balaban J connectivity index is 1.99. The highest BCUT2D eigenvalue weighted by atomic mass is 16.2. The Hall–Kier alpha value is -0.570. The first-order chi connectivity index (χ1) is 8.03. The van der Waals surface area contributed by atoms with Crippen LogP contribution in [0.2, 0.25) is 0 Å². The molecule has 3 nitrogen and oxygen atoms in total. The van der Waals surface area contributed by atoms with Crippen LogP contribution in [0.15, 0.2) is 0 Å². The number of rotatable bonds is 2. The second kappa shape index (κ2) is 4.97. The zero-order chi connectivity index (χ0) is 12.5. The van der Waals surface area contributed by atoms with Gasteiger partial charge in [-0.3, -0.25) is 4.79 Å². The molecule has 1 aliphatic heterocycles. The van der Waals surface area contributed by atoms with Gasteiger partial charge in [0.2, 0.25) is 5.91 Å². The van der Waals surface area contributed by atoms with Crippen molar-refractivity contribution in [2.24, 2.45) is 17.1 Å². The van der Waals surface area contributed by atoms with Crippen LogP contribution in [0.25, 0.3) is 0 Å². The SMILES string of the molecule is CC(N)C1CCCN(C(=O)C2(C)CCCC2)C1. The second-order valence-corrected chi connectivity index (χ2v) is 6.28. The maximum absolute atomic E-state index is 12.6. The fraction of sp³-hybridized carbons (Fsp3) is 0.929. The average Bonchev–Trinajstić information content (AvgIpc) is 2.76. The van der Waals surface area contributed by atoms with Gasteiger partial charge in [-0.25, -0.2) is 0 Å². The van der Waals surface area contributed by atoms with Crippen LogP contribution in [-0.2, 0) is 4.79 Å². The van der Waals surface area contributed by atoms with Crippen LogP contribution in [0.5, 0.6) is 0 Å². The number of amides is 1. The summed E-state index contributed by atoms with van der Waals surface area (Å²) in [6.45, 7) is 6.04. The third kappa shape index (κ3) is 2.65. The summed E-state index contributed by atoms with van der Waals surface area (Å²) in [5, 5.41) is 0. The molecule has 2 aliphatic rings. The van der Waals surface area contributed by atoms with Gasteiger partial charge in [-0.05, 0) is 38.5 Å². The molecule has 1 saturated heterocycles. The molecule has 1 heterocycles. The van der Waals surface area contributed by atoms with E-state index >= 15 is 0 Å². The molecule has 2 atom stereocenters. The van der Waals surface area contributed by atoms with Gasteiger partial charge in [0.1, 0.15) is 0 Å². The van der Waals surface area contributed by atoms with Crippen molar-refractivity contribution in [1.29, 1.82) is 0 Å². The van der Waals surface area contributed by atoms with Crippen molar-refractivity contribution in [1.82, 2.24) is 4.90 Å². The lowest BCUT2D eigenvalue weighted by Crippen LogP contribution is -2.49. The van der Waals surface area contributed by atoms with Crippen molar-refractivity contribution in [2.75, 3.05) is 13.1 Å². The van der Waals surface area contributed by atoms with Crippen LogP contribution >= 0.6 is 0 Å². The van der Waals surface area contributed by atoms with Gasteiger partial charge in [0, 0.05) is 24.5 Å². The lowest BCUT2D eigenvalue weighted by molar-refractivity contribution is -0.143. The van der Waals surface area contributed by atoms with Gasteiger partial charge < -0.3 is 10.6 Å². The predicted octanol–water partition coefficient (Wildman–Crippen LogP) is 2.15. The summed E-state index contributed by atoms with van der Waals surface area (Å²) in [5.41, 5.74) is 5.91. The average molecular weight is 238 g/mol. The number of likely N-dealkylation sites (tertiary alicyclic amines) is 1. The van der Waals surface area contributed by atoms with Crippen molar-refractivity contribution in [3.05, 3.63) is 0 Å². The molecule has 0 aromatic rings. The largest absolute Gasteiger partial charge is 0.342 e. The molecule has 1 saturated carbocycles. The Labute approximate surface area is 105 Å². The molecule has 17 heavy (non-hydrogen) atoms. The Morgan fingerprint density at radius 1 is 1.35 bits per heavy atom. The third-order valence-corrected chi connectivity index (χ3v) is 4.71. The minimum atomic E-state index is -0.0697. The zero-order valence-electron chi connectivity index (χ0n) is 11.2. The fourth-order valence-electron chi connectivity index (χ4n) is 3.37. The Bertz CT molecular complexity index is 282. The van der Waals surface area contributed by atoms with Crippen LogP contribution in [0.1, 0.15) is 52.4 Å². The van der Waals surface area contributed by atoms with E-state index in [1.807, 2.05) is 0 Å². The standard InChI is InChI=1S/C14H26N2O/c1-11(15)12-6-5-9-16(10-12)13(17)14(2)7-3-4-8-14/h11-12H,3-10,15H2,1-2H3. The molecule has 0 aromatic heterocycles. The summed E-state index contributed by atoms with van der Waals surface area (Å²) in [6.07, 6.45) is 6.88. The molecule has 0 spiro atoms. The molecule has 0 bridgehead atoms. The first-order valence-corrected chi connectivity index (χ1v) is 7.08. The maximum Gasteiger partial charge on any atom is 0.228 e. The molecule has 0 radical (unpaired) electrons. The monoisotopic (exact) mass is 238 g/mol. The summed E-state index contributed by atoms with van der Waals surface area (Å²) in [4.78, 5) is 14.7. The normalized spacial score (nSPS) is 30.3. The van der Waals surface area contributed by atoms with Crippen LogP contribution < -0.4 is 5.73 Å². The smallest absolute Gasteiger partial charge is 0.228 e. The van der Waals surface area contributed by atoms with E-state index in [2.05, 4.69) is 18.7 Å². The minimum Gasteiger partial charge on any atom is -0.342 e. The van der Waals surface area contributed by atoms with Crippen LogP contribution in [0.3, 0.4) is 0 Å². The Morgan fingerprint density at radius 2 is 2.00 bits per heavy atom. The van der Waals surface area contributed by atoms with Gasteiger partial charge in [0.05, 0.1) is 0 Å². The van der Waals surface area contributed by atoms with E-state index in [9.17, 15) is 4.79 Å². The lowest BCUT2D eigenvalue weighted by atomic mass is 9.85. The van der Waals surface area contributed by atoms with Crippen LogP contribution in [0, 0.1) is 11.3 Å². The number of hydrogen-bond donors (Lipinski definition) is 1. The molecule has 1 amide bonds. The first-order valence-electron chi connectivity index (χ1n) is 7.08. The number of nitrogens with two attached hydrogens (primary N) is 1. The molecular formula is C14H26N2O. The fourth-order valence-corrected chi connectivity index (χ4v) is 3.37. The summed E-state index contributed by atoms with van der Waals surface area (Å²) in [5.74, 6) is 0.887. The predicted molar refractivity (Wildman–Crippen MR) is 69.5 cm³/mol. The summed E-state index contributed by atoms with van der Waals surface area (Å²) in [7, 11) is 0. The third-order valence-electron chi connectivity index (χ3n) is 4.71. The highest BCUT2D eigenvalue weighted by molar-refractivity contribution is 5.82. The molecule has 2 N–H and O–H groups in total. The molecule has 2 rings (SSSR count). The lowest BCUT2D eigenvalue weighted by Gasteiger charge is -2.38. The van der Waals surface area contributed by atoms with E-state index in [-0.39, 0.29) is 11.5 Å². The van der Waals surface area contributed by atoms with E-state index < -0.39 is 0 Å². The molecular weight excluding hydrogens is 212 g/mol. The first kappa shape index (κ1) is 12.9. The van der Waals surface area contributed by atoms with E-state index in [1.165, 1.54) is 19.3 Å². The van der Waals surface area contributed by atoms with Crippen molar-refractivity contribution in [3.63, 3.8) is 0 Å². The van der Waals surface area contributed by atoms with Crippen LogP contribution in [0.4, 0.5) is 0 Å². The second-order valence-electron chi connectivity index (χ2n) is 6.28. The van der Waals surface area contributed by atoms with Crippen molar-refractivity contribution >= 4 is 5.91 Å². The highest BCUT2D eigenvalue weighted by Crippen LogP contribution is 2.39. The molecule has 98 valence electrons. The summed E-state index contributed by atoms with van der Waals surface area (Å²) >= 11 is 0. The minimum absolute atomic E-state index is 0.0697. The number of carbonyl (C=O) groups is 1. The Morgan fingerprint density at radius 3 is 2.59 bits per heavy atom. The van der Waals surface area contributed by atoms with Crippen molar-refractivity contribution in [2.45, 2.75) is 58.4 Å². The van der Waals surface area contributed by atoms with Gasteiger partial charge in [-0.1, -0.05) is 19.8 Å². The number of hydrogen-bond acceptors (Lipinski definition) is 2. The summed E-state index contributed by atoms with van der Waals surface area (Å²) < 4.78 is 0. The van der Waals surface area contributed by atoms with Gasteiger partial charge in [-0.2, -0.15) is 0 Å². The Kier molecular flexibility index (Phi) is 3.76. The van der Waals surface area contributed by atoms with Gasteiger partial charge in [-0.15, -0.1) is 0 Å². The zero-order valence-corrected chi connectivity index (χ0v) is 11.2. The molecule has 2 unspecified atom stereocenters. The maximum atomic E-state index is 12.6. The van der Waals surface area contributed by atoms with Crippen LogP contribution in [-0.4, -0.2) is 29.9 Å². The van der Waals surface area contributed by atoms with E-state index in [1.54, 1.807) is 0 Å². The topological polar surface area (TPSA) is 46.3 Å². The molecule has 0 aromatic carbocycles. The van der Waals surface area contributed by atoms with Gasteiger partial charge >= 0.3 is 0 Å². The van der Waals surface area contributed by atoms with E-state index in [0.717, 1.165) is 32.4 Å². The van der Waals surface area contributed by atoms with E-state index in [0.29, 0.717) is 11.8 Å². The molecule has 3 heteroatoms. The molecule has 2 fully saturated rings. The van der Waals surface area contributed by atoms with Gasteiger partial charge in [0.25, 0.3) is 0 Å². The van der Waals surface area contributed by atoms with Crippen molar-refractivity contribution < 1.29 is 4.79 Å². The highest BCUT2D eigenvalue weighted by Gasteiger charge is 2.40. The quantitative estimate of drug-likeness (QED) is 0.801. The van der Waals surface area contributed by atoms with Gasteiger partial charge in [0.15, 0.2) is 0 Å². The summed E-state index contributed by atoms with van der Waals surface area (Å²) in [6, 6.07) is 0.210.